The van der Waals surface area contributed by atoms with Gasteiger partial charge in [-0.3, -0.25) is 0 Å². The van der Waals surface area contributed by atoms with E-state index in [1.807, 2.05) is 0 Å². The summed E-state index contributed by atoms with van der Waals surface area (Å²) in [6.07, 6.45) is 4.92. The van der Waals surface area contributed by atoms with Crippen molar-refractivity contribution in [3.8, 4) is 6.07 Å². The molecule has 0 heterocycles. The van der Waals surface area contributed by atoms with Gasteiger partial charge in [0.1, 0.15) is 0 Å². The molecule has 0 bridgehead atoms. The zero-order valence-electron chi connectivity index (χ0n) is 8.71. The van der Waals surface area contributed by atoms with Crippen LogP contribution < -0.4 is 5.32 Å². The lowest BCUT2D eigenvalue weighted by Gasteiger charge is -2.19. The molecule has 1 aliphatic carbocycles. The van der Waals surface area contributed by atoms with E-state index >= 15 is 0 Å². The summed E-state index contributed by atoms with van der Waals surface area (Å²) in [5, 5.41) is 12.4. The molecule has 1 unspecified atom stereocenters. The normalized spacial score (nSPS) is 18.6. The number of hydrogen-bond acceptors (Lipinski definition) is 2. The molecule has 0 aromatic rings. The summed E-state index contributed by atoms with van der Waals surface area (Å²) in [6, 6.07) is 2.46. The Balaban J connectivity index is 2.26. The minimum Gasteiger partial charge on any atom is -0.301 e. The van der Waals surface area contributed by atoms with Crippen LogP contribution in [0, 0.1) is 23.2 Å². The van der Waals surface area contributed by atoms with E-state index in [-0.39, 0.29) is 6.04 Å². The molecule has 0 radical (unpaired) electrons. The third-order valence-corrected chi connectivity index (χ3v) is 2.98. The maximum absolute atomic E-state index is 8.98. The van der Waals surface area contributed by atoms with Gasteiger partial charge in [-0.1, -0.05) is 26.7 Å². The van der Waals surface area contributed by atoms with Crippen molar-refractivity contribution in [3.05, 3.63) is 0 Å². The molecule has 0 aromatic carbocycles. The van der Waals surface area contributed by atoms with Gasteiger partial charge in [-0.25, -0.2) is 0 Å². The fourth-order valence-corrected chi connectivity index (χ4v) is 1.69. The highest BCUT2D eigenvalue weighted by Crippen LogP contribution is 2.28. The molecule has 1 atom stereocenters. The highest BCUT2D eigenvalue weighted by atomic mass is 14.9. The van der Waals surface area contributed by atoms with Gasteiger partial charge in [0.15, 0.2) is 0 Å². The molecule has 13 heavy (non-hydrogen) atoms. The Morgan fingerprint density at radius 3 is 2.38 bits per heavy atom. The first kappa shape index (κ1) is 10.5. The number of nitrogens with zero attached hydrogens (tertiary/aromatic N) is 1. The third kappa shape index (κ3) is 3.36. The summed E-state index contributed by atoms with van der Waals surface area (Å²) in [7, 11) is 0. The molecule has 0 saturated heterocycles. The molecular formula is C11H20N2. The first-order chi connectivity index (χ1) is 6.31. The number of nitrogens with one attached hydrogen (secondary N) is 1. The monoisotopic (exact) mass is 180 g/mol. The minimum atomic E-state index is 0.0793. The molecule has 1 fully saturated rings. The third-order valence-electron chi connectivity index (χ3n) is 2.98. The van der Waals surface area contributed by atoms with Crippen LogP contribution in [0.5, 0.6) is 0 Å². The number of rotatable bonds is 6. The van der Waals surface area contributed by atoms with Crippen LogP contribution in [0.3, 0.4) is 0 Å². The predicted octanol–water partition coefficient (Wildman–Crippen LogP) is 2.31. The fraction of sp³-hybridized carbons (Fsp3) is 0.909. The van der Waals surface area contributed by atoms with Crippen LogP contribution in [0.4, 0.5) is 0 Å². The van der Waals surface area contributed by atoms with E-state index in [0.29, 0.717) is 5.92 Å². The molecule has 1 saturated carbocycles. The van der Waals surface area contributed by atoms with Gasteiger partial charge in [0, 0.05) is 0 Å². The first-order valence-electron chi connectivity index (χ1n) is 5.44. The quantitative estimate of drug-likeness (QED) is 0.681. The fourth-order valence-electron chi connectivity index (χ4n) is 1.69. The van der Waals surface area contributed by atoms with Gasteiger partial charge in [-0.05, 0) is 31.2 Å². The van der Waals surface area contributed by atoms with Crippen LogP contribution in [-0.2, 0) is 0 Å². The highest BCUT2D eigenvalue weighted by molar-refractivity contribution is 4.95. The van der Waals surface area contributed by atoms with Crippen LogP contribution >= 0.6 is 0 Å². The number of hydrogen-bond donors (Lipinski definition) is 1. The maximum Gasteiger partial charge on any atom is 0.0981 e. The maximum atomic E-state index is 8.98. The summed E-state index contributed by atoms with van der Waals surface area (Å²) >= 11 is 0. The van der Waals surface area contributed by atoms with Gasteiger partial charge >= 0.3 is 0 Å². The van der Waals surface area contributed by atoms with Crippen molar-refractivity contribution in [1.29, 1.82) is 5.26 Å². The second kappa shape index (κ2) is 5.24. The van der Waals surface area contributed by atoms with E-state index in [1.165, 1.54) is 12.8 Å². The molecule has 0 amide bonds. The Morgan fingerprint density at radius 2 is 2.00 bits per heavy atom. The van der Waals surface area contributed by atoms with E-state index < -0.39 is 0 Å². The van der Waals surface area contributed by atoms with Crippen molar-refractivity contribution < 1.29 is 0 Å². The predicted molar refractivity (Wildman–Crippen MR) is 54.2 cm³/mol. The standard InChI is InChI=1S/C11H20N2/c1-3-10(4-2)11(7-12)13-8-9-5-6-9/h9-11,13H,3-6,8H2,1-2H3. The lowest BCUT2D eigenvalue weighted by atomic mass is 9.95. The molecule has 0 spiro atoms. The minimum absolute atomic E-state index is 0.0793. The molecule has 1 rings (SSSR count). The van der Waals surface area contributed by atoms with Crippen LogP contribution in [-0.4, -0.2) is 12.6 Å². The van der Waals surface area contributed by atoms with E-state index in [1.54, 1.807) is 0 Å². The van der Waals surface area contributed by atoms with E-state index in [9.17, 15) is 0 Å². The van der Waals surface area contributed by atoms with Crippen LogP contribution in [0.2, 0.25) is 0 Å². The van der Waals surface area contributed by atoms with Crippen molar-refractivity contribution in [2.24, 2.45) is 11.8 Å². The molecular weight excluding hydrogens is 160 g/mol. The largest absolute Gasteiger partial charge is 0.301 e. The van der Waals surface area contributed by atoms with Gasteiger partial charge in [0.25, 0.3) is 0 Å². The Morgan fingerprint density at radius 1 is 1.38 bits per heavy atom. The van der Waals surface area contributed by atoms with Crippen LogP contribution in [0.15, 0.2) is 0 Å². The van der Waals surface area contributed by atoms with Crippen molar-refractivity contribution in [2.45, 2.75) is 45.6 Å². The van der Waals surface area contributed by atoms with E-state index in [0.717, 1.165) is 25.3 Å². The van der Waals surface area contributed by atoms with Crippen molar-refractivity contribution in [3.63, 3.8) is 0 Å². The Kier molecular flexibility index (Phi) is 4.24. The smallest absolute Gasteiger partial charge is 0.0981 e. The van der Waals surface area contributed by atoms with E-state index in [4.69, 9.17) is 5.26 Å². The molecule has 1 N–H and O–H groups in total. The average Bonchev–Trinajstić information content (AvgIpc) is 2.96. The second-order valence-corrected chi connectivity index (χ2v) is 4.03. The van der Waals surface area contributed by atoms with Gasteiger partial charge in [0.05, 0.1) is 12.1 Å². The molecule has 0 aromatic heterocycles. The second-order valence-electron chi connectivity index (χ2n) is 4.03. The lowest BCUT2D eigenvalue weighted by Crippen LogP contribution is -2.35. The van der Waals surface area contributed by atoms with Gasteiger partial charge < -0.3 is 5.32 Å². The summed E-state index contributed by atoms with van der Waals surface area (Å²) in [4.78, 5) is 0. The number of nitriles is 1. The van der Waals surface area contributed by atoms with Crippen molar-refractivity contribution >= 4 is 0 Å². The Hall–Kier alpha value is -0.550. The molecule has 2 heteroatoms. The van der Waals surface area contributed by atoms with Crippen LogP contribution in [0.25, 0.3) is 0 Å². The van der Waals surface area contributed by atoms with Crippen LogP contribution in [0.1, 0.15) is 39.5 Å². The van der Waals surface area contributed by atoms with Gasteiger partial charge in [0.2, 0.25) is 0 Å². The van der Waals surface area contributed by atoms with E-state index in [2.05, 4.69) is 25.2 Å². The van der Waals surface area contributed by atoms with Crippen molar-refractivity contribution in [1.82, 2.24) is 5.32 Å². The molecule has 2 nitrogen and oxygen atoms in total. The molecule has 74 valence electrons. The highest BCUT2D eigenvalue weighted by Gasteiger charge is 2.24. The molecule has 0 aliphatic heterocycles. The van der Waals surface area contributed by atoms with Gasteiger partial charge in [-0.15, -0.1) is 0 Å². The topological polar surface area (TPSA) is 35.8 Å². The Bertz CT molecular complexity index is 175. The van der Waals surface area contributed by atoms with Crippen molar-refractivity contribution in [2.75, 3.05) is 6.54 Å². The SMILES string of the molecule is CCC(CC)C(C#N)NCC1CC1. The van der Waals surface area contributed by atoms with Gasteiger partial charge in [-0.2, -0.15) is 5.26 Å². The molecule has 1 aliphatic rings. The summed E-state index contributed by atoms with van der Waals surface area (Å²) in [6.45, 7) is 5.38. The summed E-state index contributed by atoms with van der Waals surface area (Å²) in [5.41, 5.74) is 0. The summed E-state index contributed by atoms with van der Waals surface area (Å²) < 4.78 is 0. The zero-order chi connectivity index (χ0) is 9.68. The average molecular weight is 180 g/mol. The zero-order valence-corrected chi connectivity index (χ0v) is 8.71. The Labute approximate surface area is 81.3 Å². The summed E-state index contributed by atoms with van der Waals surface area (Å²) in [5.74, 6) is 1.40. The first-order valence-corrected chi connectivity index (χ1v) is 5.44. The lowest BCUT2D eigenvalue weighted by molar-refractivity contribution is 0.385.